The number of piperazine rings is 1. The van der Waals surface area contributed by atoms with E-state index in [0.717, 1.165) is 64.1 Å². The van der Waals surface area contributed by atoms with Gasteiger partial charge in [0, 0.05) is 64.0 Å². The zero-order valence-electron chi connectivity index (χ0n) is 14.3. The van der Waals surface area contributed by atoms with Crippen molar-refractivity contribution in [1.82, 2.24) is 19.8 Å². The molecule has 3 heterocycles. The molecule has 1 fully saturated rings. The molecule has 1 aromatic rings. The van der Waals surface area contributed by atoms with Crippen molar-refractivity contribution in [3.63, 3.8) is 0 Å². The number of aromatic nitrogens is 2. The molecule has 3 rings (SSSR count). The van der Waals surface area contributed by atoms with Crippen LogP contribution in [-0.4, -0.2) is 65.6 Å². The van der Waals surface area contributed by atoms with Crippen molar-refractivity contribution >= 4 is 5.95 Å². The number of nitrogens with zero attached hydrogens (tertiary/aromatic N) is 5. The second kappa shape index (κ2) is 6.92. The summed E-state index contributed by atoms with van der Waals surface area (Å²) in [7, 11) is 0. The Morgan fingerprint density at radius 2 is 1.86 bits per heavy atom. The fraction of sp³-hybridized carbons (Fsp3) is 0.765. The van der Waals surface area contributed by atoms with E-state index in [1.165, 1.54) is 17.8 Å². The monoisotopic (exact) mass is 303 g/mol. The lowest BCUT2D eigenvalue weighted by Gasteiger charge is -2.35. The van der Waals surface area contributed by atoms with Crippen LogP contribution < -0.4 is 4.90 Å². The lowest BCUT2D eigenvalue weighted by molar-refractivity contribution is 0.224. The first-order chi connectivity index (χ1) is 10.7. The first-order valence-electron chi connectivity index (χ1n) is 8.70. The summed E-state index contributed by atoms with van der Waals surface area (Å²) in [5.41, 5.74) is 2.59. The molecule has 0 saturated carbocycles. The van der Waals surface area contributed by atoms with Crippen molar-refractivity contribution in [2.75, 3.05) is 50.7 Å². The molecule has 0 radical (unpaired) electrons. The molecule has 2 aliphatic rings. The lowest BCUT2D eigenvalue weighted by Crippen LogP contribution is -2.47. The number of rotatable bonds is 4. The molecular weight excluding hydrogens is 274 g/mol. The van der Waals surface area contributed by atoms with Crippen LogP contribution in [0.4, 0.5) is 5.95 Å². The second-order valence-corrected chi connectivity index (χ2v) is 6.94. The minimum Gasteiger partial charge on any atom is -0.338 e. The van der Waals surface area contributed by atoms with Crippen LogP contribution in [0.1, 0.15) is 32.0 Å². The number of hydrogen-bond donors (Lipinski definition) is 0. The maximum Gasteiger partial charge on any atom is 0.225 e. The quantitative estimate of drug-likeness (QED) is 0.845. The molecule has 1 saturated heterocycles. The molecule has 0 amide bonds. The zero-order valence-corrected chi connectivity index (χ0v) is 14.3. The molecule has 122 valence electrons. The van der Waals surface area contributed by atoms with Crippen molar-refractivity contribution in [3.8, 4) is 0 Å². The van der Waals surface area contributed by atoms with E-state index < -0.39 is 0 Å². The predicted octanol–water partition coefficient (Wildman–Crippen LogP) is 1.63. The third-order valence-electron chi connectivity index (χ3n) is 4.73. The Morgan fingerprint density at radius 1 is 1.09 bits per heavy atom. The van der Waals surface area contributed by atoms with Gasteiger partial charge >= 0.3 is 0 Å². The van der Waals surface area contributed by atoms with Gasteiger partial charge in [-0.05, 0) is 12.5 Å². The van der Waals surface area contributed by atoms with Gasteiger partial charge in [0.1, 0.15) is 0 Å². The van der Waals surface area contributed by atoms with Gasteiger partial charge in [-0.15, -0.1) is 0 Å². The SMILES string of the molecule is CCN1CCN(c2ncc3c(n2)CCN(CC(C)C)C3)CC1. The van der Waals surface area contributed by atoms with Gasteiger partial charge in [0.25, 0.3) is 0 Å². The Hall–Kier alpha value is -1.20. The second-order valence-electron chi connectivity index (χ2n) is 6.94. The fourth-order valence-corrected chi connectivity index (χ4v) is 3.45. The molecule has 5 nitrogen and oxygen atoms in total. The molecule has 5 heteroatoms. The summed E-state index contributed by atoms with van der Waals surface area (Å²) in [5.74, 6) is 1.66. The van der Waals surface area contributed by atoms with E-state index in [0.29, 0.717) is 0 Å². The van der Waals surface area contributed by atoms with Gasteiger partial charge in [-0.25, -0.2) is 9.97 Å². The van der Waals surface area contributed by atoms with Crippen LogP contribution in [0.15, 0.2) is 6.20 Å². The Balaban J connectivity index is 1.65. The molecule has 22 heavy (non-hydrogen) atoms. The molecule has 0 atom stereocenters. The van der Waals surface area contributed by atoms with Crippen LogP contribution in [0.2, 0.25) is 0 Å². The van der Waals surface area contributed by atoms with Gasteiger partial charge in [0.05, 0.1) is 5.69 Å². The summed E-state index contributed by atoms with van der Waals surface area (Å²) in [6.45, 7) is 15.6. The summed E-state index contributed by atoms with van der Waals surface area (Å²) in [4.78, 5) is 16.9. The molecule has 0 spiro atoms. The summed E-state index contributed by atoms with van der Waals surface area (Å²) >= 11 is 0. The molecular formula is C17H29N5. The highest BCUT2D eigenvalue weighted by Crippen LogP contribution is 2.20. The smallest absolute Gasteiger partial charge is 0.225 e. The van der Waals surface area contributed by atoms with Crippen molar-refractivity contribution in [3.05, 3.63) is 17.5 Å². The molecule has 0 N–H and O–H groups in total. The van der Waals surface area contributed by atoms with Crippen LogP contribution in [0.25, 0.3) is 0 Å². The first kappa shape index (κ1) is 15.7. The van der Waals surface area contributed by atoms with E-state index in [-0.39, 0.29) is 0 Å². The number of hydrogen-bond acceptors (Lipinski definition) is 5. The molecule has 0 unspecified atom stereocenters. The summed E-state index contributed by atoms with van der Waals surface area (Å²) in [5, 5.41) is 0. The van der Waals surface area contributed by atoms with Crippen molar-refractivity contribution in [2.24, 2.45) is 5.92 Å². The molecule has 1 aromatic heterocycles. The van der Waals surface area contributed by atoms with Crippen LogP contribution in [-0.2, 0) is 13.0 Å². The first-order valence-corrected chi connectivity index (χ1v) is 8.70. The topological polar surface area (TPSA) is 35.5 Å². The predicted molar refractivity (Wildman–Crippen MR) is 90.2 cm³/mol. The standard InChI is InChI=1S/C17H29N5/c1-4-20-7-9-22(10-8-20)17-18-11-15-13-21(12-14(2)3)6-5-16(15)19-17/h11,14H,4-10,12-13H2,1-3H3. The summed E-state index contributed by atoms with van der Waals surface area (Å²) in [6, 6.07) is 0. The Kier molecular flexibility index (Phi) is 4.93. The molecule has 0 bridgehead atoms. The van der Waals surface area contributed by atoms with Gasteiger partial charge in [-0.2, -0.15) is 0 Å². The third kappa shape index (κ3) is 3.58. The van der Waals surface area contributed by atoms with Gasteiger partial charge in [0.2, 0.25) is 5.95 Å². The average Bonchev–Trinajstić information content (AvgIpc) is 2.54. The van der Waals surface area contributed by atoms with Crippen molar-refractivity contribution < 1.29 is 0 Å². The normalized spacial score (nSPS) is 20.5. The van der Waals surface area contributed by atoms with Gasteiger partial charge in [-0.3, -0.25) is 4.90 Å². The van der Waals surface area contributed by atoms with Crippen LogP contribution in [0.3, 0.4) is 0 Å². The van der Waals surface area contributed by atoms with Crippen LogP contribution in [0, 0.1) is 5.92 Å². The van der Waals surface area contributed by atoms with E-state index >= 15 is 0 Å². The number of anilines is 1. The van der Waals surface area contributed by atoms with E-state index in [4.69, 9.17) is 4.98 Å². The van der Waals surface area contributed by atoms with Crippen molar-refractivity contribution in [2.45, 2.75) is 33.7 Å². The highest BCUT2D eigenvalue weighted by molar-refractivity contribution is 5.35. The highest BCUT2D eigenvalue weighted by Gasteiger charge is 2.22. The minimum absolute atomic E-state index is 0.719. The minimum atomic E-state index is 0.719. The Labute approximate surface area is 134 Å². The largest absolute Gasteiger partial charge is 0.338 e. The van der Waals surface area contributed by atoms with Gasteiger partial charge in [0.15, 0.2) is 0 Å². The van der Waals surface area contributed by atoms with E-state index in [1.54, 1.807) is 0 Å². The summed E-state index contributed by atoms with van der Waals surface area (Å²) < 4.78 is 0. The highest BCUT2D eigenvalue weighted by atomic mass is 15.3. The van der Waals surface area contributed by atoms with E-state index in [1.807, 2.05) is 0 Å². The van der Waals surface area contributed by atoms with E-state index in [2.05, 4.69) is 46.7 Å². The zero-order chi connectivity index (χ0) is 15.5. The van der Waals surface area contributed by atoms with Crippen LogP contribution >= 0.6 is 0 Å². The maximum absolute atomic E-state index is 4.87. The molecule has 2 aliphatic heterocycles. The Bertz CT molecular complexity index is 494. The summed E-state index contributed by atoms with van der Waals surface area (Å²) in [6.07, 6.45) is 3.13. The fourth-order valence-electron chi connectivity index (χ4n) is 3.45. The molecule has 0 aromatic carbocycles. The maximum atomic E-state index is 4.87. The van der Waals surface area contributed by atoms with Gasteiger partial charge < -0.3 is 9.80 Å². The molecule has 0 aliphatic carbocycles. The number of likely N-dealkylation sites (N-methyl/N-ethyl adjacent to an activating group) is 1. The lowest BCUT2D eigenvalue weighted by atomic mass is 10.1. The van der Waals surface area contributed by atoms with Crippen molar-refractivity contribution in [1.29, 1.82) is 0 Å². The van der Waals surface area contributed by atoms with E-state index in [9.17, 15) is 0 Å². The third-order valence-corrected chi connectivity index (χ3v) is 4.73. The Morgan fingerprint density at radius 3 is 2.55 bits per heavy atom. The average molecular weight is 303 g/mol. The number of fused-ring (bicyclic) bond motifs is 1. The van der Waals surface area contributed by atoms with Gasteiger partial charge in [-0.1, -0.05) is 20.8 Å². The van der Waals surface area contributed by atoms with Crippen LogP contribution in [0.5, 0.6) is 0 Å².